The summed E-state index contributed by atoms with van der Waals surface area (Å²) in [7, 11) is 0. The average Bonchev–Trinajstić information content (AvgIpc) is 2.93. The van der Waals surface area contributed by atoms with Gasteiger partial charge in [0.1, 0.15) is 5.75 Å². The third-order valence-corrected chi connectivity index (χ3v) is 4.02. The lowest BCUT2D eigenvalue weighted by Gasteiger charge is -2.13. The summed E-state index contributed by atoms with van der Waals surface area (Å²) in [6, 6.07) is 13.0. The van der Waals surface area contributed by atoms with Gasteiger partial charge in [0.2, 0.25) is 0 Å². The number of thiophene rings is 1. The Morgan fingerprint density at radius 3 is 2.63 bits per heavy atom. The molecule has 0 saturated heterocycles. The van der Waals surface area contributed by atoms with Crippen molar-refractivity contribution in [2.75, 3.05) is 13.2 Å². The van der Waals surface area contributed by atoms with E-state index in [0.717, 1.165) is 25.3 Å². The highest BCUT2D eigenvalue weighted by Gasteiger charge is 2.03. The SMILES string of the molecule is CCNC(C)c1ccc(OCCc2cccs2)cc1. The Morgan fingerprint density at radius 2 is 2.00 bits per heavy atom. The first kappa shape index (κ1) is 14.1. The number of hydrogen-bond acceptors (Lipinski definition) is 3. The number of nitrogens with one attached hydrogen (secondary N) is 1. The zero-order valence-electron chi connectivity index (χ0n) is 11.6. The molecule has 0 bridgehead atoms. The smallest absolute Gasteiger partial charge is 0.119 e. The molecular formula is C16H21NOS. The van der Waals surface area contributed by atoms with Crippen LogP contribution in [0, 0.1) is 0 Å². The van der Waals surface area contributed by atoms with E-state index in [1.54, 1.807) is 11.3 Å². The van der Waals surface area contributed by atoms with Crippen LogP contribution in [0.1, 0.15) is 30.3 Å². The summed E-state index contributed by atoms with van der Waals surface area (Å²) in [5.74, 6) is 0.948. The van der Waals surface area contributed by atoms with Crippen molar-refractivity contribution in [3.8, 4) is 5.75 Å². The van der Waals surface area contributed by atoms with Crippen LogP contribution in [-0.4, -0.2) is 13.2 Å². The number of hydrogen-bond donors (Lipinski definition) is 1. The van der Waals surface area contributed by atoms with Crippen LogP contribution in [0.5, 0.6) is 5.75 Å². The van der Waals surface area contributed by atoms with Gasteiger partial charge in [0.05, 0.1) is 6.61 Å². The van der Waals surface area contributed by atoms with Crippen molar-refractivity contribution in [1.82, 2.24) is 5.32 Å². The predicted octanol–water partition coefficient (Wildman–Crippen LogP) is 4.04. The van der Waals surface area contributed by atoms with Gasteiger partial charge < -0.3 is 10.1 Å². The summed E-state index contributed by atoms with van der Waals surface area (Å²) >= 11 is 1.78. The first-order valence-corrected chi connectivity index (χ1v) is 7.66. The van der Waals surface area contributed by atoms with Gasteiger partial charge in [0, 0.05) is 17.3 Å². The van der Waals surface area contributed by atoms with Crippen molar-refractivity contribution in [3.05, 3.63) is 52.2 Å². The van der Waals surface area contributed by atoms with Gasteiger partial charge in [-0.1, -0.05) is 25.1 Å². The van der Waals surface area contributed by atoms with E-state index in [0.29, 0.717) is 6.04 Å². The summed E-state index contributed by atoms with van der Waals surface area (Å²) in [6.07, 6.45) is 0.979. The maximum Gasteiger partial charge on any atom is 0.119 e. The lowest BCUT2D eigenvalue weighted by atomic mass is 10.1. The van der Waals surface area contributed by atoms with Gasteiger partial charge >= 0.3 is 0 Å². The Bertz CT molecular complexity index is 464. The summed E-state index contributed by atoms with van der Waals surface area (Å²) in [5.41, 5.74) is 1.30. The normalized spacial score (nSPS) is 12.3. The third-order valence-electron chi connectivity index (χ3n) is 3.09. The van der Waals surface area contributed by atoms with E-state index in [9.17, 15) is 0 Å². The van der Waals surface area contributed by atoms with E-state index in [1.807, 2.05) is 0 Å². The molecule has 2 nitrogen and oxygen atoms in total. The number of benzene rings is 1. The van der Waals surface area contributed by atoms with Crippen molar-refractivity contribution >= 4 is 11.3 Å². The minimum Gasteiger partial charge on any atom is -0.493 e. The molecule has 1 atom stereocenters. The number of rotatable bonds is 7. The van der Waals surface area contributed by atoms with Gasteiger partial charge in [-0.2, -0.15) is 0 Å². The van der Waals surface area contributed by atoms with Crippen LogP contribution in [0.2, 0.25) is 0 Å². The molecule has 1 N–H and O–H groups in total. The van der Waals surface area contributed by atoms with Crippen molar-refractivity contribution < 1.29 is 4.74 Å². The Hall–Kier alpha value is -1.32. The van der Waals surface area contributed by atoms with E-state index in [-0.39, 0.29) is 0 Å². The molecule has 0 aliphatic carbocycles. The van der Waals surface area contributed by atoms with E-state index in [1.165, 1.54) is 10.4 Å². The molecule has 0 fully saturated rings. The second-order valence-electron chi connectivity index (χ2n) is 4.53. The molecule has 1 unspecified atom stereocenters. The van der Waals surface area contributed by atoms with E-state index >= 15 is 0 Å². The summed E-state index contributed by atoms with van der Waals surface area (Å²) < 4.78 is 5.76. The molecule has 0 radical (unpaired) electrons. The van der Waals surface area contributed by atoms with Crippen LogP contribution in [0.25, 0.3) is 0 Å². The molecule has 2 aromatic rings. The molecule has 0 aliphatic rings. The maximum atomic E-state index is 5.76. The third kappa shape index (κ3) is 4.37. The Balaban J connectivity index is 1.81. The number of ether oxygens (including phenoxy) is 1. The minimum absolute atomic E-state index is 0.394. The fourth-order valence-corrected chi connectivity index (χ4v) is 2.69. The quantitative estimate of drug-likeness (QED) is 0.823. The van der Waals surface area contributed by atoms with Crippen LogP contribution in [0.4, 0.5) is 0 Å². The molecule has 0 spiro atoms. The van der Waals surface area contributed by atoms with Gasteiger partial charge in [-0.3, -0.25) is 0 Å². The van der Waals surface area contributed by atoms with E-state index in [4.69, 9.17) is 4.74 Å². The molecule has 2 rings (SSSR count). The van der Waals surface area contributed by atoms with E-state index in [2.05, 4.69) is 60.9 Å². The second kappa shape index (κ2) is 7.31. The zero-order chi connectivity index (χ0) is 13.5. The molecule has 0 aliphatic heterocycles. The summed E-state index contributed by atoms with van der Waals surface area (Å²) in [4.78, 5) is 1.37. The lowest BCUT2D eigenvalue weighted by Crippen LogP contribution is -2.17. The highest BCUT2D eigenvalue weighted by Crippen LogP contribution is 2.18. The Kier molecular flexibility index (Phi) is 5.43. The average molecular weight is 275 g/mol. The molecular weight excluding hydrogens is 254 g/mol. The molecule has 1 heterocycles. The highest BCUT2D eigenvalue weighted by atomic mass is 32.1. The Labute approximate surface area is 119 Å². The van der Waals surface area contributed by atoms with Crippen LogP contribution in [-0.2, 0) is 6.42 Å². The first-order chi connectivity index (χ1) is 9.29. The van der Waals surface area contributed by atoms with Crippen molar-refractivity contribution in [3.63, 3.8) is 0 Å². The van der Waals surface area contributed by atoms with E-state index < -0.39 is 0 Å². The first-order valence-electron chi connectivity index (χ1n) is 6.78. The van der Waals surface area contributed by atoms with Gasteiger partial charge in [-0.15, -0.1) is 11.3 Å². The zero-order valence-corrected chi connectivity index (χ0v) is 12.4. The van der Waals surface area contributed by atoms with Crippen molar-refractivity contribution in [2.24, 2.45) is 0 Å². The highest BCUT2D eigenvalue weighted by molar-refractivity contribution is 7.09. The van der Waals surface area contributed by atoms with Crippen LogP contribution in [0.15, 0.2) is 41.8 Å². The molecule has 102 valence electrons. The van der Waals surface area contributed by atoms with Crippen LogP contribution in [0.3, 0.4) is 0 Å². The largest absolute Gasteiger partial charge is 0.493 e. The summed E-state index contributed by atoms with van der Waals surface area (Å²) in [6.45, 7) is 6.03. The van der Waals surface area contributed by atoms with Gasteiger partial charge in [-0.25, -0.2) is 0 Å². The monoisotopic (exact) mass is 275 g/mol. The molecule has 0 amide bonds. The Morgan fingerprint density at radius 1 is 1.21 bits per heavy atom. The topological polar surface area (TPSA) is 21.3 Å². The molecule has 1 aromatic heterocycles. The molecule has 3 heteroatoms. The molecule has 19 heavy (non-hydrogen) atoms. The standard InChI is InChI=1S/C16H21NOS/c1-3-17-13(2)14-6-8-15(9-7-14)18-11-10-16-5-4-12-19-16/h4-9,12-13,17H,3,10-11H2,1-2H3. The predicted molar refractivity (Wildman–Crippen MR) is 82.1 cm³/mol. The molecule has 1 aromatic carbocycles. The van der Waals surface area contributed by atoms with Crippen LogP contribution < -0.4 is 10.1 Å². The fourth-order valence-electron chi connectivity index (χ4n) is 2.00. The molecule has 0 saturated carbocycles. The maximum absolute atomic E-state index is 5.76. The van der Waals surface area contributed by atoms with Crippen LogP contribution >= 0.6 is 11.3 Å². The van der Waals surface area contributed by atoms with Crippen molar-refractivity contribution in [2.45, 2.75) is 26.3 Å². The van der Waals surface area contributed by atoms with Crippen molar-refractivity contribution in [1.29, 1.82) is 0 Å². The lowest BCUT2D eigenvalue weighted by molar-refractivity contribution is 0.323. The second-order valence-corrected chi connectivity index (χ2v) is 5.56. The van der Waals surface area contributed by atoms with Gasteiger partial charge in [-0.05, 0) is 42.6 Å². The fraction of sp³-hybridized carbons (Fsp3) is 0.375. The van der Waals surface area contributed by atoms with Gasteiger partial charge in [0.25, 0.3) is 0 Å². The minimum atomic E-state index is 0.394. The summed E-state index contributed by atoms with van der Waals surface area (Å²) in [5, 5.41) is 5.51. The van der Waals surface area contributed by atoms with Gasteiger partial charge in [0.15, 0.2) is 0 Å².